The summed E-state index contributed by atoms with van der Waals surface area (Å²) in [5, 5.41) is 7.59. The number of nitrogens with one attached hydrogen (secondary N) is 2. The lowest BCUT2D eigenvalue weighted by molar-refractivity contribution is 0.410. The van der Waals surface area contributed by atoms with Gasteiger partial charge in [0.25, 0.3) is 0 Å². The van der Waals surface area contributed by atoms with Gasteiger partial charge in [-0.25, -0.2) is 9.98 Å². The Labute approximate surface area is 178 Å². The van der Waals surface area contributed by atoms with Gasteiger partial charge in [0.05, 0.1) is 13.7 Å². The first kappa shape index (κ1) is 21.2. The Bertz CT molecular complexity index is 834. The van der Waals surface area contributed by atoms with Crippen molar-refractivity contribution in [2.75, 3.05) is 31.6 Å². The van der Waals surface area contributed by atoms with Gasteiger partial charge < -0.3 is 20.3 Å². The van der Waals surface area contributed by atoms with Gasteiger partial charge in [-0.2, -0.15) is 0 Å². The minimum atomic E-state index is 0.390. The number of aryl methyl sites for hydroxylation is 1. The molecule has 1 aliphatic heterocycles. The quantitative estimate of drug-likeness (QED) is 0.555. The highest BCUT2D eigenvalue weighted by Gasteiger charge is 2.21. The third-order valence-electron chi connectivity index (χ3n) is 5.03. The van der Waals surface area contributed by atoms with E-state index in [4.69, 9.17) is 21.3 Å². The normalized spacial score (nSPS) is 15.3. The number of benzene rings is 1. The van der Waals surface area contributed by atoms with Crippen molar-refractivity contribution < 1.29 is 4.74 Å². The van der Waals surface area contributed by atoms with Crippen molar-refractivity contribution in [3.05, 3.63) is 52.7 Å². The van der Waals surface area contributed by atoms with Crippen molar-refractivity contribution in [2.24, 2.45) is 4.99 Å². The Kier molecular flexibility index (Phi) is 7.58. The summed E-state index contributed by atoms with van der Waals surface area (Å²) < 4.78 is 5.42. The van der Waals surface area contributed by atoms with Gasteiger partial charge in [0.15, 0.2) is 5.96 Å². The van der Waals surface area contributed by atoms with Gasteiger partial charge in [-0.05, 0) is 51.0 Å². The Morgan fingerprint density at radius 2 is 2.07 bits per heavy atom. The van der Waals surface area contributed by atoms with Gasteiger partial charge in [0, 0.05) is 42.0 Å². The molecular formula is C22H30ClN5O. The summed E-state index contributed by atoms with van der Waals surface area (Å²) in [7, 11) is 1.65. The van der Waals surface area contributed by atoms with E-state index in [0.717, 1.165) is 61.3 Å². The fraction of sp³-hybridized carbons (Fsp3) is 0.455. The van der Waals surface area contributed by atoms with Crippen LogP contribution in [0, 0.1) is 6.92 Å². The molecule has 2 aromatic rings. The molecule has 2 N–H and O–H groups in total. The van der Waals surface area contributed by atoms with Crippen LogP contribution in [0.4, 0.5) is 5.82 Å². The van der Waals surface area contributed by atoms with Gasteiger partial charge in [-0.15, -0.1) is 0 Å². The van der Waals surface area contributed by atoms with E-state index in [1.165, 1.54) is 0 Å². The third kappa shape index (κ3) is 6.00. The lowest BCUT2D eigenvalue weighted by atomic mass is 10.1. The maximum Gasteiger partial charge on any atom is 0.191 e. The van der Waals surface area contributed by atoms with Crippen LogP contribution in [0.2, 0.25) is 5.02 Å². The lowest BCUT2D eigenvalue weighted by Gasteiger charge is -2.34. The van der Waals surface area contributed by atoms with E-state index in [2.05, 4.69) is 39.6 Å². The van der Waals surface area contributed by atoms with E-state index in [1.54, 1.807) is 7.11 Å². The highest BCUT2D eigenvalue weighted by atomic mass is 35.5. The molecule has 1 aromatic carbocycles. The summed E-state index contributed by atoms with van der Waals surface area (Å²) in [6.07, 6.45) is 2.09. The Morgan fingerprint density at radius 1 is 1.28 bits per heavy atom. The molecule has 1 aromatic heterocycles. The largest absolute Gasteiger partial charge is 0.496 e. The van der Waals surface area contributed by atoms with Crippen LogP contribution >= 0.6 is 11.6 Å². The number of nitrogens with zero attached hydrogens (tertiary/aromatic N) is 3. The molecule has 0 spiro atoms. The van der Waals surface area contributed by atoms with Crippen molar-refractivity contribution in [3.8, 4) is 5.75 Å². The standard InChI is InChI=1S/C22H30ClN5O/c1-4-24-22(25-15-17-8-9-18(23)14-20(17)29-3)27-19-10-12-28(13-11-19)21-7-5-6-16(2)26-21/h5-9,14,19H,4,10-13,15H2,1-3H3,(H2,24,25,27). The first-order chi connectivity index (χ1) is 14.1. The van der Waals surface area contributed by atoms with E-state index < -0.39 is 0 Å². The van der Waals surface area contributed by atoms with E-state index in [1.807, 2.05) is 31.2 Å². The SMILES string of the molecule is CCNC(=NCc1ccc(Cl)cc1OC)NC1CCN(c2cccc(C)n2)CC1. The first-order valence-electron chi connectivity index (χ1n) is 10.1. The number of guanidine groups is 1. The van der Waals surface area contributed by atoms with Crippen LogP contribution in [0.5, 0.6) is 5.75 Å². The van der Waals surface area contributed by atoms with Gasteiger partial charge in [-0.1, -0.05) is 23.7 Å². The first-order valence-corrected chi connectivity index (χ1v) is 10.5. The molecule has 1 saturated heterocycles. The molecule has 0 atom stereocenters. The highest BCUT2D eigenvalue weighted by Crippen LogP contribution is 2.24. The van der Waals surface area contributed by atoms with Crippen LogP contribution in [-0.2, 0) is 6.54 Å². The Hall–Kier alpha value is -2.47. The van der Waals surface area contributed by atoms with Crippen molar-refractivity contribution in [1.29, 1.82) is 0 Å². The van der Waals surface area contributed by atoms with Crippen LogP contribution in [0.3, 0.4) is 0 Å². The number of halogens is 1. The van der Waals surface area contributed by atoms with Gasteiger partial charge in [0.2, 0.25) is 0 Å². The summed E-state index contributed by atoms with van der Waals surface area (Å²) in [4.78, 5) is 11.8. The molecule has 0 bridgehead atoms. The van der Waals surface area contributed by atoms with E-state index >= 15 is 0 Å². The second-order valence-electron chi connectivity index (χ2n) is 7.19. The van der Waals surface area contributed by atoms with Gasteiger partial charge >= 0.3 is 0 Å². The molecule has 156 valence electrons. The monoisotopic (exact) mass is 415 g/mol. The van der Waals surface area contributed by atoms with Crippen LogP contribution in [0.25, 0.3) is 0 Å². The molecule has 0 unspecified atom stereocenters. The lowest BCUT2D eigenvalue weighted by Crippen LogP contribution is -2.48. The molecule has 1 fully saturated rings. The number of pyridine rings is 1. The number of rotatable bonds is 6. The Morgan fingerprint density at radius 3 is 2.76 bits per heavy atom. The highest BCUT2D eigenvalue weighted by molar-refractivity contribution is 6.30. The molecule has 0 radical (unpaired) electrons. The van der Waals surface area contributed by atoms with Crippen LogP contribution in [0.1, 0.15) is 31.0 Å². The fourth-order valence-corrected chi connectivity index (χ4v) is 3.65. The third-order valence-corrected chi connectivity index (χ3v) is 5.27. The molecule has 2 heterocycles. The second kappa shape index (κ2) is 10.3. The van der Waals surface area contributed by atoms with Crippen molar-refractivity contribution >= 4 is 23.4 Å². The number of ether oxygens (including phenoxy) is 1. The smallest absolute Gasteiger partial charge is 0.191 e. The van der Waals surface area contributed by atoms with Crippen molar-refractivity contribution in [3.63, 3.8) is 0 Å². The summed E-state index contributed by atoms with van der Waals surface area (Å²) in [5.41, 5.74) is 2.07. The van der Waals surface area contributed by atoms with Crippen LogP contribution in [-0.4, -0.2) is 43.7 Å². The number of aromatic nitrogens is 1. The molecule has 29 heavy (non-hydrogen) atoms. The topological polar surface area (TPSA) is 61.8 Å². The Balaban J connectivity index is 1.59. The fourth-order valence-electron chi connectivity index (χ4n) is 3.48. The second-order valence-corrected chi connectivity index (χ2v) is 7.63. The average Bonchev–Trinajstić information content (AvgIpc) is 2.73. The molecule has 0 aliphatic carbocycles. The van der Waals surface area contributed by atoms with Gasteiger partial charge in [-0.3, -0.25) is 0 Å². The number of piperidine rings is 1. The molecule has 0 saturated carbocycles. The zero-order chi connectivity index (χ0) is 20.6. The minimum absolute atomic E-state index is 0.390. The van der Waals surface area contributed by atoms with Crippen LogP contribution in [0.15, 0.2) is 41.4 Å². The number of aliphatic imine (C=N–C) groups is 1. The summed E-state index contributed by atoms with van der Waals surface area (Å²) in [6, 6.07) is 12.2. The maximum absolute atomic E-state index is 6.05. The predicted octanol–water partition coefficient (Wildman–Crippen LogP) is 3.78. The van der Waals surface area contributed by atoms with E-state index in [0.29, 0.717) is 17.6 Å². The van der Waals surface area contributed by atoms with Gasteiger partial charge in [0.1, 0.15) is 11.6 Å². The molecule has 0 amide bonds. The zero-order valence-electron chi connectivity index (χ0n) is 17.4. The average molecular weight is 416 g/mol. The molecule has 3 rings (SSSR count). The predicted molar refractivity (Wildman–Crippen MR) is 120 cm³/mol. The number of methoxy groups -OCH3 is 1. The summed E-state index contributed by atoms with van der Waals surface area (Å²) in [5.74, 6) is 2.66. The minimum Gasteiger partial charge on any atom is -0.496 e. The number of anilines is 1. The molecular weight excluding hydrogens is 386 g/mol. The maximum atomic E-state index is 6.05. The number of hydrogen-bond donors (Lipinski definition) is 2. The summed E-state index contributed by atoms with van der Waals surface area (Å²) in [6.45, 7) is 7.42. The molecule has 1 aliphatic rings. The zero-order valence-corrected chi connectivity index (χ0v) is 18.2. The summed E-state index contributed by atoms with van der Waals surface area (Å²) >= 11 is 6.05. The van der Waals surface area contributed by atoms with E-state index in [9.17, 15) is 0 Å². The van der Waals surface area contributed by atoms with Crippen molar-refractivity contribution in [1.82, 2.24) is 15.6 Å². The van der Waals surface area contributed by atoms with Crippen molar-refractivity contribution in [2.45, 2.75) is 39.3 Å². The van der Waals surface area contributed by atoms with Crippen LogP contribution < -0.4 is 20.3 Å². The number of hydrogen-bond acceptors (Lipinski definition) is 4. The molecule has 6 nitrogen and oxygen atoms in total. The van der Waals surface area contributed by atoms with E-state index in [-0.39, 0.29) is 0 Å². The molecule has 7 heteroatoms.